The number of nitrogens with one attached hydrogen (secondary N) is 1. The van der Waals surface area contributed by atoms with Crippen molar-refractivity contribution in [3.63, 3.8) is 0 Å². The molecule has 0 aromatic carbocycles. The Morgan fingerprint density at radius 1 is 1.47 bits per heavy atom. The van der Waals surface area contributed by atoms with Gasteiger partial charge in [-0.15, -0.1) is 0 Å². The van der Waals surface area contributed by atoms with Crippen molar-refractivity contribution in [2.45, 2.75) is 39.2 Å². The van der Waals surface area contributed by atoms with Gasteiger partial charge in [0.1, 0.15) is 11.6 Å². The molecule has 0 spiro atoms. The standard InChI is InChI=1S/C10H18N4O/c1-3-6(11)5-8-13-9(12)7(4-2)10(15)14-8/h6H,3-5,11H2,1-2H3,(H3,12,13,14,15). The lowest BCUT2D eigenvalue weighted by atomic mass is 10.1. The molecule has 0 saturated heterocycles. The van der Waals surface area contributed by atoms with E-state index in [9.17, 15) is 4.79 Å². The van der Waals surface area contributed by atoms with Gasteiger partial charge in [0.15, 0.2) is 0 Å². The molecule has 0 fully saturated rings. The average Bonchev–Trinajstić information content (AvgIpc) is 2.17. The minimum atomic E-state index is -0.150. The number of rotatable bonds is 4. The molecular formula is C10H18N4O. The molecule has 1 aromatic heterocycles. The number of nitrogen functional groups attached to an aromatic ring is 1. The van der Waals surface area contributed by atoms with E-state index in [4.69, 9.17) is 11.5 Å². The average molecular weight is 210 g/mol. The fourth-order valence-corrected chi connectivity index (χ4v) is 1.39. The van der Waals surface area contributed by atoms with Crippen LogP contribution in [-0.4, -0.2) is 16.0 Å². The minimum Gasteiger partial charge on any atom is -0.383 e. The molecule has 0 saturated carbocycles. The first-order valence-corrected chi connectivity index (χ1v) is 5.21. The van der Waals surface area contributed by atoms with Gasteiger partial charge >= 0.3 is 0 Å². The van der Waals surface area contributed by atoms with E-state index >= 15 is 0 Å². The number of hydrogen-bond acceptors (Lipinski definition) is 4. The van der Waals surface area contributed by atoms with E-state index < -0.39 is 0 Å². The van der Waals surface area contributed by atoms with Crippen molar-refractivity contribution < 1.29 is 0 Å². The quantitative estimate of drug-likeness (QED) is 0.661. The zero-order valence-corrected chi connectivity index (χ0v) is 9.21. The predicted octanol–water partition coefficient (Wildman–Crippen LogP) is 0.194. The van der Waals surface area contributed by atoms with Crippen LogP contribution in [0.15, 0.2) is 4.79 Å². The van der Waals surface area contributed by atoms with E-state index in [-0.39, 0.29) is 11.6 Å². The first kappa shape index (κ1) is 11.7. The minimum absolute atomic E-state index is 0.0139. The van der Waals surface area contributed by atoms with Gasteiger partial charge in [-0.2, -0.15) is 0 Å². The van der Waals surface area contributed by atoms with E-state index in [2.05, 4.69) is 9.97 Å². The summed E-state index contributed by atoms with van der Waals surface area (Å²) in [6, 6.07) is 0.0139. The van der Waals surface area contributed by atoms with Gasteiger partial charge in [0.2, 0.25) is 0 Å². The van der Waals surface area contributed by atoms with Crippen LogP contribution in [0.1, 0.15) is 31.7 Å². The number of anilines is 1. The van der Waals surface area contributed by atoms with Crippen molar-refractivity contribution in [2.24, 2.45) is 5.73 Å². The van der Waals surface area contributed by atoms with Crippen LogP contribution in [0.3, 0.4) is 0 Å². The van der Waals surface area contributed by atoms with Gasteiger partial charge in [0.05, 0.1) is 5.56 Å². The number of aromatic amines is 1. The topological polar surface area (TPSA) is 97.8 Å². The summed E-state index contributed by atoms with van der Waals surface area (Å²) in [5.74, 6) is 0.892. The van der Waals surface area contributed by atoms with Gasteiger partial charge in [-0.05, 0) is 12.8 Å². The molecule has 0 amide bonds. The lowest BCUT2D eigenvalue weighted by Crippen LogP contribution is -2.26. The van der Waals surface area contributed by atoms with Gasteiger partial charge in [0, 0.05) is 12.5 Å². The van der Waals surface area contributed by atoms with E-state index in [1.807, 2.05) is 13.8 Å². The normalized spacial score (nSPS) is 12.7. The summed E-state index contributed by atoms with van der Waals surface area (Å²) in [5.41, 5.74) is 11.8. The predicted molar refractivity (Wildman–Crippen MR) is 60.6 cm³/mol. The molecule has 84 valence electrons. The third-order valence-corrected chi connectivity index (χ3v) is 2.43. The Balaban J connectivity index is 2.99. The van der Waals surface area contributed by atoms with Crippen molar-refractivity contribution in [1.29, 1.82) is 0 Å². The largest absolute Gasteiger partial charge is 0.383 e. The molecule has 0 aliphatic rings. The molecule has 5 N–H and O–H groups in total. The number of nitrogens with zero attached hydrogens (tertiary/aromatic N) is 1. The SMILES string of the molecule is CCc1c(N)nc(CC(N)CC)[nH]c1=O. The lowest BCUT2D eigenvalue weighted by molar-refractivity contribution is 0.622. The Labute approximate surface area is 88.9 Å². The molecular weight excluding hydrogens is 192 g/mol. The summed E-state index contributed by atoms with van der Waals surface area (Å²) in [5, 5.41) is 0. The van der Waals surface area contributed by atoms with E-state index in [1.165, 1.54) is 0 Å². The lowest BCUT2D eigenvalue weighted by Gasteiger charge is -2.09. The summed E-state index contributed by atoms with van der Waals surface area (Å²) in [4.78, 5) is 18.4. The summed E-state index contributed by atoms with van der Waals surface area (Å²) in [7, 11) is 0. The zero-order chi connectivity index (χ0) is 11.4. The molecule has 1 atom stereocenters. The Hall–Kier alpha value is -1.36. The first-order chi connectivity index (χ1) is 7.08. The van der Waals surface area contributed by atoms with Crippen molar-refractivity contribution in [1.82, 2.24) is 9.97 Å². The molecule has 0 radical (unpaired) electrons. The third-order valence-electron chi connectivity index (χ3n) is 2.43. The number of hydrogen-bond donors (Lipinski definition) is 3. The van der Waals surface area contributed by atoms with Crippen LogP contribution < -0.4 is 17.0 Å². The highest BCUT2D eigenvalue weighted by molar-refractivity contribution is 5.37. The van der Waals surface area contributed by atoms with Gasteiger partial charge in [-0.3, -0.25) is 4.79 Å². The Bertz CT molecular complexity index is 385. The summed E-state index contributed by atoms with van der Waals surface area (Å²) in [6.07, 6.45) is 1.99. The summed E-state index contributed by atoms with van der Waals surface area (Å²) < 4.78 is 0. The Kier molecular flexibility index (Phi) is 3.85. The maximum absolute atomic E-state index is 11.5. The van der Waals surface area contributed by atoms with Crippen LogP contribution in [0, 0.1) is 0 Å². The molecule has 1 unspecified atom stereocenters. The smallest absolute Gasteiger partial charge is 0.256 e. The van der Waals surface area contributed by atoms with Crippen molar-refractivity contribution in [2.75, 3.05) is 5.73 Å². The highest BCUT2D eigenvalue weighted by Gasteiger charge is 2.09. The second-order valence-corrected chi connectivity index (χ2v) is 3.60. The van der Waals surface area contributed by atoms with Gasteiger partial charge in [0.25, 0.3) is 5.56 Å². The maximum Gasteiger partial charge on any atom is 0.256 e. The van der Waals surface area contributed by atoms with E-state index in [1.54, 1.807) is 0 Å². The van der Waals surface area contributed by atoms with Crippen molar-refractivity contribution in [3.8, 4) is 0 Å². The summed E-state index contributed by atoms with van der Waals surface area (Å²) in [6.45, 7) is 3.87. The van der Waals surface area contributed by atoms with E-state index in [0.29, 0.717) is 30.0 Å². The number of H-pyrrole nitrogens is 1. The number of nitrogens with two attached hydrogens (primary N) is 2. The zero-order valence-electron chi connectivity index (χ0n) is 9.21. The van der Waals surface area contributed by atoms with Crippen molar-refractivity contribution in [3.05, 3.63) is 21.7 Å². The molecule has 1 rings (SSSR count). The van der Waals surface area contributed by atoms with Crippen LogP contribution in [0.4, 0.5) is 5.82 Å². The van der Waals surface area contributed by atoms with Crippen LogP contribution in [0.2, 0.25) is 0 Å². The molecule has 1 heterocycles. The van der Waals surface area contributed by atoms with Crippen LogP contribution in [-0.2, 0) is 12.8 Å². The molecule has 15 heavy (non-hydrogen) atoms. The first-order valence-electron chi connectivity index (χ1n) is 5.21. The maximum atomic E-state index is 11.5. The van der Waals surface area contributed by atoms with Gasteiger partial charge in [-0.25, -0.2) is 4.98 Å². The van der Waals surface area contributed by atoms with Crippen LogP contribution in [0.5, 0.6) is 0 Å². The van der Waals surface area contributed by atoms with Crippen molar-refractivity contribution >= 4 is 5.82 Å². The second kappa shape index (κ2) is 4.93. The van der Waals surface area contributed by atoms with Gasteiger partial charge in [-0.1, -0.05) is 13.8 Å². The Morgan fingerprint density at radius 3 is 2.60 bits per heavy atom. The van der Waals surface area contributed by atoms with Crippen LogP contribution >= 0.6 is 0 Å². The van der Waals surface area contributed by atoms with Gasteiger partial charge < -0.3 is 16.5 Å². The Morgan fingerprint density at radius 2 is 2.13 bits per heavy atom. The molecule has 0 aliphatic carbocycles. The van der Waals surface area contributed by atoms with E-state index in [0.717, 1.165) is 6.42 Å². The molecule has 0 bridgehead atoms. The monoisotopic (exact) mass is 210 g/mol. The highest BCUT2D eigenvalue weighted by Crippen LogP contribution is 2.04. The fraction of sp³-hybridized carbons (Fsp3) is 0.600. The summed E-state index contributed by atoms with van der Waals surface area (Å²) >= 11 is 0. The fourth-order valence-electron chi connectivity index (χ4n) is 1.39. The highest BCUT2D eigenvalue weighted by atomic mass is 16.1. The number of aromatic nitrogens is 2. The third kappa shape index (κ3) is 2.79. The molecule has 1 aromatic rings. The van der Waals surface area contributed by atoms with Crippen LogP contribution in [0.25, 0.3) is 0 Å². The second-order valence-electron chi connectivity index (χ2n) is 3.60. The molecule has 5 heteroatoms. The molecule has 0 aliphatic heterocycles. The molecule has 5 nitrogen and oxygen atoms in total.